The quantitative estimate of drug-likeness (QED) is 0.749. The lowest BCUT2D eigenvalue weighted by atomic mass is 10.00. The first-order chi connectivity index (χ1) is 11.7. The van der Waals surface area contributed by atoms with Gasteiger partial charge in [0.15, 0.2) is 0 Å². The lowest BCUT2D eigenvalue weighted by Gasteiger charge is -2.11. The molecule has 1 N–H and O–H groups in total. The topological polar surface area (TPSA) is 50.4 Å². The van der Waals surface area contributed by atoms with Gasteiger partial charge in [0.1, 0.15) is 5.76 Å². The zero-order valence-electron chi connectivity index (χ0n) is 13.0. The van der Waals surface area contributed by atoms with Gasteiger partial charge in [0.05, 0.1) is 6.10 Å². The van der Waals surface area contributed by atoms with Crippen molar-refractivity contribution in [2.45, 2.75) is 12.5 Å². The van der Waals surface area contributed by atoms with Gasteiger partial charge in [0.2, 0.25) is 0 Å². The smallest absolute Gasteiger partial charge is 0.337 e. The van der Waals surface area contributed by atoms with Crippen LogP contribution in [-0.2, 0) is 6.42 Å². The molecule has 0 bridgehead atoms. The van der Waals surface area contributed by atoms with Crippen LogP contribution in [0.4, 0.5) is 0 Å². The third kappa shape index (κ3) is 3.62. The van der Waals surface area contributed by atoms with Gasteiger partial charge in [-0.1, -0.05) is 60.5 Å². The summed E-state index contributed by atoms with van der Waals surface area (Å²) in [4.78, 5) is 11.4. The van der Waals surface area contributed by atoms with E-state index in [1.54, 1.807) is 6.07 Å². The van der Waals surface area contributed by atoms with Crippen molar-refractivity contribution >= 4 is 0 Å². The van der Waals surface area contributed by atoms with E-state index < -0.39 is 11.7 Å². The van der Waals surface area contributed by atoms with E-state index in [2.05, 4.69) is 5.92 Å². The van der Waals surface area contributed by atoms with Crippen LogP contribution in [0.15, 0.2) is 75.9 Å². The molecular formula is C21H16O3. The minimum atomic E-state index is -0.772. The Hall–Kier alpha value is -3.09. The number of aliphatic hydroxyl groups excluding tert-OH is 1. The van der Waals surface area contributed by atoms with Gasteiger partial charge in [0.25, 0.3) is 0 Å². The summed E-state index contributed by atoms with van der Waals surface area (Å²) >= 11 is 0. The molecular weight excluding hydrogens is 300 g/mol. The summed E-state index contributed by atoms with van der Waals surface area (Å²) in [7, 11) is 0. The van der Waals surface area contributed by atoms with E-state index in [1.807, 2.05) is 54.6 Å². The SMILES string of the molecule is C#Cc1cc(CC(O)c2ccc(-c3ccccc3)cc2)oc(=O)c1. The molecule has 0 spiro atoms. The molecule has 3 aromatic rings. The summed E-state index contributed by atoms with van der Waals surface area (Å²) in [6.07, 6.45) is 4.73. The monoisotopic (exact) mass is 316 g/mol. The van der Waals surface area contributed by atoms with Crippen LogP contribution in [0.2, 0.25) is 0 Å². The van der Waals surface area contributed by atoms with Gasteiger partial charge in [-0.15, -0.1) is 6.42 Å². The number of aliphatic hydroxyl groups is 1. The molecule has 1 unspecified atom stereocenters. The van der Waals surface area contributed by atoms with E-state index >= 15 is 0 Å². The highest BCUT2D eigenvalue weighted by atomic mass is 16.4. The molecule has 0 aliphatic carbocycles. The summed E-state index contributed by atoms with van der Waals surface area (Å²) in [5.74, 6) is 2.78. The van der Waals surface area contributed by atoms with Crippen LogP contribution < -0.4 is 5.63 Å². The van der Waals surface area contributed by atoms with Crippen molar-refractivity contribution in [2.75, 3.05) is 0 Å². The lowest BCUT2D eigenvalue weighted by Crippen LogP contribution is -2.06. The second-order valence-corrected chi connectivity index (χ2v) is 5.48. The van der Waals surface area contributed by atoms with E-state index in [-0.39, 0.29) is 6.42 Å². The highest BCUT2D eigenvalue weighted by Gasteiger charge is 2.12. The number of hydrogen-bond donors (Lipinski definition) is 1. The molecule has 1 atom stereocenters. The Bertz CT molecular complexity index is 916. The van der Waals surface area contributed by atoms with Crippen molar-refractivity contribution in [3.8, 4) is 23.5 Å². The number of benzene rings is 2. The Labute approximate surface area is 140 Å². The van der Waals surface area contributed by atoms with Gasteiger partial charge in [-0.3, -0.25) is 0 Å². The highest BCUT2D eigenvalue weighted by Crippen LogP contribution is 2.23. The fourth-order valence-electron chi connectivity index (χ4n) is 2.55. The molecule has 2 aromatic carbocycles. The molecule has 3 rings (SSSR count). The zero-order chi connectivity index (χ0) is 16.9. The largest absolute Gasteiger partial charge is 0.428 e. The molecule has 118 valence electrons. The lowest BCUT2D eigenvalue weighted by molar-refractivity contribution is 0.169. The summed E-state index contributed by atoms with van der Waals surface area (Å²) in [6, 6.07) is 20.5. The maximum absolute atomic E-state index is 11.4. The van der Waals surface area contributed by atoms with E-state index in [9.17, 15) is 9.90 Å². The van der Waals surface area contributed by atoms with Crippen molar-refractivity contribution in [1.82, 2.24) is 0 Å². The predicted molar refractivity (Wildman–Crippen MR) is 93.5 cm³/mol. The Morgan fingerprint density at radius 2 is 1.67 bits per heavy atom. The minimum Gasteiger partial charge on any atom is -0.428 e. The van der Waals surface area contributed by atoms with Crippen molar-refractivity contribution in [1.29, 1.82) is 0 Å². The molecule has 0 aliphatic rings. The standard InChI is InChI=1S/C21H16O3/c1-2-15-12-19(24-21(23)13-15)14-20(22)18-10-8-17(9-11-18)16-6-4-3-5-7-16/h1,3-13,20,22H,14H2. The summed E-state index contributed by atoms with van der Waals surface area (Å²) < 4.78 is 5.09. The van der Waals surface area contributed by atoms with Crippen molar-refractivity contribution in [2.24, 2.45) is 0 Å². The molecule has 0 aliphatic heterocycles. The highest BCUT2D eigenvalue weighted by molar-refractivity contribution is 5.63. The normalized spacial score (nSPS) is 11.7. The first-order valence-corrected chi connectivity index (χ1v) is 7.60. The van der Waals surface area contributed by atoms with Crippen molar-refractivity contribution < 1.29 is 9.52 Å². The molecule has 24 heavy (non-hydrogen) atoms. The average Bonchev–Trinajstić information content (AvgIpc) is 2.62. The number of terminal acetylenes is 1. The maximum atomic E-state index is 11.4. The van der Waals surface area contributed by atoms with Crippen LogP contribution in [0.25, 0.3) is 11.1 Å². The molecule has 0 saturated heterocycles. The second kappa shape index (κ2) is 6.99. The summed E-state index contributed by atoms with van der Waals surface area (Å²) in [5.41, 5.74) is 2.89. The molecule has 3 heteroatoms. The van der Waals surface area contributed by atoms with E-state index in [4.69, 9.17) is 10.8 Å². The maximum Gasteiger partial charge on any atom is 0.337 e. The number of rotatable bonds is 4. The molecule has 1 aromatic heterocycles. The van der Waals surface area contributed by atoms with Crippen molar-refractivity contribution in [3.05, 3.63) is 94.0 Å². The predicted octanol–water partition coefficient (Wildman–Crippen LogP) is 3.56. The molecule has 1 heterocycles. The first kappa shape index (κ1) is 15.8. The fourth-order valence-corrected chi connectivity index (χ4v) is 2.55. The first-order valence-electron chi connectivity index (χ1n) is 7.60. The van der Waals surface area contributed by atoms with Crippen LogP contribution >= 0.6 is 0 Å². The van der Waals surface area contributed by atoms with Crippen LogP contribution in [0.1, 0.15) is 23.0 Å². The van der Waals surface area contributed by atoms with Gasteiger partial charge in [-0.2, -0.15) is 0 Å². The second-order valence-electron chi connectivity index (χ2n) is 5.48. The average molecular weight is 316 g/mol. The van der Waals surface area contributed by atoms with Gasteiger partial charge < -0.3 is 9.52 Å². The summed E-state index contributed by atoms with van der Waals surface area (Å²) in [6.45, 7) is 0. The van der Waals surface area contributed by atoms with E-state index in [0.29, 0.717) is 11.3 Å². The molecule has 0 fully saturated rings. The Balaban J connectivity index is 1.78. The van der Waals surface area contributed by atoms with Crippen LogP contribution in [0.5, 0.6) is 0 Å². The summed E-state index contributed by atoms with van der Waals surface area (Å²) in [5, 5.41) is 10.4. The Kier molecular flexibility index (Phi) is 4.60. The van der Waals surface area contributed by atoms with Crippen molar-refractivity contribution in [3.63, 3.8) is 0 Å². The van der Waals surface area contributed by atoms with Gasteiger partial charge in [0, 0.05) is 18.1 Å². The zero-order valence-corrected chi connectivity index (χ0v) is 13.0. The van der Waals surface area contributed by atoms with E-state index in [0.717, 1.165) is 16.7 Å². The van der Waals surface area contributed by atoms with Crippen LogP contribution in [-0.4, -0.2) is 5.11 Å². The third-order valence-electron chi connectivity index (χ3n) is 3.79. The Morgan fingerprint density at radius 3 is 2.33 bits per heavy atom. The van der Waals surface area contributed by atoms with E-state index in [1.165, 1.54) is 6.07 Å². The van der Waals surface area contributed by atoms with Crippen LogP contribution in [0.3, 0.4) is 0 Å². The van der Waals surface area contributed by atoms with Crippen LogP contribution in [0, 0.1) is 12.3 Å². The number of hydrogen-bond acceptors (Lipinski definition) is 3. The van der Waals surface area contributed by atoms with Gasteiger partial charge in [-0.05, 0) is 22.8 Å². The Morgan fingerprint density at radius 1 is 1.00 bits per heavy atom. The third-order valence-corrected chi connectivity index (χ3v) is 3.79. The minimum absolute atomic E-state index is 0.190. The molecule has 3 nitrogen and oxygen atoms in total. The molecule has 0 radical (unpaired) electrons. The molecule has 0 amide bonds. The van der Waals surface area contributed by atoms with Gasteiger partial charge >= 0.3 is 5.63 Å². The fraction of sp³-hybridized carbons (Fsp3) is 0.0952. The van der Waals surface area contributed by atoms with Gasteiger partial charge in [-0.25, -0.2) is 4.79 Å². The molecule has 0 saturated carbocycles.